The standard InChI is InChI=1S/C18H23N5O2.C14H19NO2.ClH/c1-13(11-14-7-5-4-6-8-14)19-9-10-23-12-20-16-15(23)17(24)22(3)18(25)21(16)2;1-17-14(16)13(11-7-3-2-4-8-11)12-9-5-6-10-15-12;/h4-8,12-13,19H,9-11H2,1-3H3;2-4,7-8,12-13,15H,5-6,9-10H2,1H3;1H/t;12-,13-;/m.1./s1. The predicted molar refractivity (Wildman–Crippen MR) is 166 cm³/mol. The molecule has 2 aromatic carbocycles. The fourth-order valence-corrected chi connectivity index (χ4v) is 5.52. The van der Waals surface area contributed by atoms with Crippen molar-refractivity contribution < 1.29 is 23.4 Å². The minimum Gasteiger partial charge on any atom is -1.00 e. The third-order valence-corrected chi connectivity index (χ3v) is 7.81. The van der Waals surface area contributed by atoms with Gasteiger partial charge in [0.2, 0.25) is 0 Å². The highest BCUT2D eigenvalue weighted by Crippen LogP contribution is 2.26. The smallest absolute Gasteiger partial charge is 1.00 e. The number of hydrogen-bond acceptors (Lipinski definition) is 7. The van der Waals surface area contributed by atoms with Gasteiger partial charge in [0, 0.05) is 39.3 Å². The van der Waals surface area contributed by atoms with Gasteiger partial charge in [-0.2, -0.15) is 0 Å². The number of ether oxygens (including phenoxy) is 1. The molecule has 0 amide bonds. The molecule has 232 valence electrons. The molecule has 0 aliphatic carbocycles. The summed E-state index contributed by atoms with van der Waals surface area (Å²) in [7, 11) is 4.57. The number of carbonyl (C=O) groups is 1. The summed E-state index contributed by atoms with van der Waals surface area (Å²) in [6.45, 7) is 4.46. The van der Waals surface area contributed by atoms with E-state index < -0.39 is 0 Å². The van der Waals surface area contributed by atoms with E-state index in [1.807, 2.05) is 48.5 Å². The zero-order chi connectivity index (χ0) is 30.1. The number of carbonyl (C=O) groups excluding carboxylic acids is 1. The summed E-state index contributed by atoms with van der Waals surface area (Å²) < 4.78 is 9.26. The fraction of sp³-hybridized carbons (Fsp3) is 0.438. The van der Waals surface area contributed by atoms with E-state index >= 15 is 0 Å². The van der Waals surface area contributed by atoms with Crippen molar-refractivity contribution in [2.45, 2.75) is 57.2 Å². The number of imidazole rings is 1. The average molecular weight is 611 g/mol. The number of esters is 1. The lowest BCUT2D eigenvalue weighted by Gasteiger charge is -2.29. The molecule has 0 saturated carbocycles. The van der Waals surface area contributed by atoms with Gasteiger partial charge in [0.1, 0.15) is 0 Å². The molecule has 1 aliphatic heterocycles. The third kappa shape index (κ3) is 8.43. The van der Waals surface area contributed by atoms with Gasteiger partial charge in [0.05, 0.1) is 19.4 Å². The van der Waals surface area contributed by atoms with Gasteiger partial charge in [-0.15, -0.1) is 0 Å². The summed E-state index contributed by atoms with van der Waals surface area (Å²) in [5, 5.41) is 6.90. The van der Waals surface area contributed by atoms with Gasteiger partial charge in [0.15, 0.2) is 11.2 Å². The third-order valence-electron chi connectivity index (χ3n) is 7.81. The molecular weight excluding hydrogens is 568 g/mol. The maximum atomic E-state index is 12.4. The number of piperidine rings is 1. The highest BCUT2D eigenvalue weighted by Gasteiger charge is 2.31. The van der Waals surface area contributed by atoms with Crippen LogP contribution in [0.5, 0.6) is 0 Å². The van der Waals surface area contributed by atoms with Crippen LogP contribution in [0.1, 0.15) is 44.7 Å². The molecule has 2 N–H and O–H groups in total. The Morgan fingerprint density at radius 3 is 2.37 bits per heavy atom. The molecule has 1 unspecified atom stereocenters. The Balaban J connectivity index is 0.000000313. The van der Waals surface area contributed by atoms with Crippen molar-refractivity contribution in [1.29, 1.82) is 0 Å². The molecule has 0 spiro atoms. The van der Waals surface area contributed by atoms with Gasteiger partial charge in [-0.25, -0.2) is 9.78 Å². The highest BCUT2D eigenvalue weighted by molar-refractivity contribution is 5.79. The molecular formula is C32H43ClN6O4. The first-order chi connectivity index (χ1) is 20.3. The Bertz CT molecular complexity index is 1570. The Morgan fingerprint density at radius 1 is 1.07 bits per heavy atom. The molecule has 11 heteroatoms. The lowest BCUT2D eigenvalue weighted by atomic mass is 9.86. The molecule has 1 saturated heterocycles. The number of rotatable bonds is 9. The number of nitrogens with zero attached hydrogens (tertiary/aromatic N) is 4. The Morgan fingerprint density at radius 2 is 1.74 bits per heavy atom. The van der Waals surface area contributed by atoms with E-state index in [0.717, 1.165) is 29.5 Å². The van der Waals surface area contributed by atoms with Crippen LogP contribution in [0.2, 0.25) is 0 Å². The lowest BCUT2D eigenvalue weighted by molar-refractivity contribution is -0.143. The van der Waals surface area contributed by atoms with Gasteiger partial charge < -0.3 is 32.3 Å². The van der Waals surface area contributed by atoms with Gasteiger partial charge in [0.25, 0.3) is 5.56 Å². The predicted octanol–water partition coefficient (Wildman–Crippen LogP) is -0.144. The number of nitrogens with one attached hydrogen (secondary N) is 2. The summed E-state index contributed by atoms with van der Waals surface area (Å²) in [5.74, 6) is -0.322. The van der Waals surface area contributed by atoms with E-state index in [9.17, 15) is 14.4 Å². The average Bonchev–Trinajstić information content (AvgIpc) is 3.45. The number of benzene rings is 2. The van der Waals surface area contributed by atoms with Crippen LogP contribution in [-0.2, 0) is 36.6 Å². The first kappa shape index (κ1) is 33.8. The second kappa shape index (κ2) is 16.2. The number of fused-ring (bicyclic) bond motifs is 1. The van der Waals surface area contributed by atoms with Crippen LogP contribution in [0, 0.1) is 0 Å². The molecule has 0 radical (unpaired) electrons. The quantitative estimate of drug-likeness (QED) is 0.254. The van der Waals surface area contributed by atoms with Crippen molar-refractivity contribution in [3.63, 3.8) is 0 Å². The molecule has 0 bridgehead atoms. The molecule has 1 fully saturated rings. The number of methoxy groups -OCH3 is 1. The number of halogens is 1. The number of hydrogen-bond donors (Lipinski definition) is 2. The van der Waals surface area contributed by atoms with Gasteiger partial charge >= 0.3 is 13.1 Å². The summed E-state index contributed by atoms with van der Waals surface area (Å²) in [5.41, 5.74) is 2.54. The molecule has 1 aliphatic rings. The van der Waals surface area contributed by atoms with Crippen LogP contribution < -0.4 is 34.3 Å². The second-order valence-corrected chi connectivity index (χ2v) is 10.8. The molecule has 3 atom stereocenters. The molecule has 4 aromatic rings. The first-order valence-electron chi connectivity index (χ1n) is 14.6. The molecule has 5 rings (SSSR count). The summed E-state index contributed by atoms with van der Waals surface area (Å²) in [6.07, 6.45) is 5.97. The fourth-order valence-electron chi connectivity index (χ4n) is 5.52. The van der Waals surface area contributed by atoms with Crippen molar-refractivity contribution >= 4 is 17.1 Å². The van der Waals surface area contributed by atoms with Gasteiger partial charge in [-0.3, -0.25) is 18.7 Å². The van der Waals surface area contributed by atoms with Crippen LogP contribution in [0.4, 0.5) is 0 Å². The Hall–Kier alpha value is -3.73. The maximum Gasteiger partial charge on any atom is 1.00 e. The van der Waals surface area contributed by atoms with Crippen molar-refractivity contribution in [3.05, 3.63) is 99.0 Å². The van der Waals surface area contributed by atoms with E-state index in [-0.39, 0.29) is 43.0 Å². The maximum absolute atomic E-state index is 12.4. The highest BCUT2D eigenvalue weighted by atomic mass is 35.5. The van der Waals surface area contributed by atoms with Crippen LogP contribution in [0.15, 0.2) is 76.6 Å². The van der Waals surface area contributed by atoms with Gasteiger partial charge in [-0.1, -0.05) is 67.1 Å². The Labute approximate surface area is 260 Å². The van der Waals surface area contributed by atoms with E-state index in [4.69, 9.17) is 4.74 Å². The minimum absolute atomic E-state index is 0. The minimum atomic E-state index is -0.364. The topological polar surface area (TPSA) is 112 Å². The molecule has 2 aromatic heterocycles. The lowest BCUT2D eigenvalue weighted by Crippen LogP contribution is -3.00. The SMILES string of the molecule is CC(Cc1ccccc1)NCCn1cnc2c1c(=O)n(C)c(=O)n2C.COC(=O)[C@H](c1ccccc1)[C@H]1CCCCN1.[Cl-].[H+]. The van der Waals surface area contributed by atoms with Crippen molar-refractivity contribution in [2.75, 3.05) is 20.2 Å². The van der Waals surface area contributed by atoms with Crippen molar-refractivity contribution in [1.82, 2.24) is 29.3 Å². The van der Waals surface area contributed by atoms with Crippen LogP contribution in [0.25, 0.3) is 11.2 Å². The summed E-state index contributed by atoms with van der Waals surface area (Å²) in [6, 6.07) is 20.8. The van der Waals surface area contributed by atoms with E-state index in [2.05, 4.69) is 34.7 Å². The monoisotopic (exact) mass is 610 g/mol. The number of aromatic nitrogens is 4. The van der Waals surface area contributed by atoms with Crippen LogP contribution in [-0.4, -0.2) is 56.9 Å². The van der Waals surface area contributed by atoms with Crippen LogP contribution >= 0.6 is 0 Å². The normalized spacial score (nSPS) is 16.0. The van der Waals surface area contributed by atoms with Gasteiger partial charge in [-0.05, 0) is 43.9 Å². The van der Waals surface area contributed by atoms with Crippen molar-refractivity contribution in [3.8, 4) is 0 Å². The first-order valence-corrected chi connectivity index (χ1v) is 14.6. The molecule has 43 heavy (non-hydrogen) atoms. The van der Waals surface area contributed by atoms with Crippen molar-refractivity contribution in [2.24, 2.45) is 14.1 Å². The summed E-state index contributed by atoms with van der Waals surface area (Å²) >= 11 is 0. The summed E-state index contributed by atoms with van der Waals surface area (Å²) in [4.78, 5) is 40.5. The molecule has 10 nitrogen and oxygen atoms in total. The zero-order valence-corrected chi connectivity index (χ0v) is 26.1. The Kier molecular flexibility index (Phi) is 12.7. The zero-order valence-electron chi connectivity index (χ0n) is 26.3. The van der Waals surface area contributed by atoms with E-state index in [1.165, 1.54) is 37.1 Å². The molecule has 3 heterocycles. The van der Waals surface area contributed by atoms with E-state index in [0.29, 0.717) is 30.3 Å². The second-order valence-electron chi connectivity index (χ2n) is 10.8. The van der Waals surface area contributed by atoms with E-state index in [1.54, 1.807) is 17.9 Å². The van der Waals surface area contributed by atoms with Crippen LogP contribution in [0.3, 0.4) is 0 Å². The number of aryl methyl sites for hydroxylation is 1. The largest absolute Gasteiger partial charge is 1.00 e.